The highest BCUT2D eigenvalue weighted by molar-refractivity contribution is 5.89. The van der Waals surface area contributed by atoms with Gasteiger partial charge in [0.05, 0.1) is 19.3 Å². The summed E-state index contributed by atoms with van der Waals surface area (Å²) in [5.41, 5.74) is 1.72. The highest BCUT2D eigenvalue weighted by Gasteiger charge is 2.13. The number of ether oxygens (including phenoxy) is 2. The summed E-state index contributed by atoms with van der Waals surface area (Å²) in [5.74, 6) is 0.501. The van der Waals surface area contributed by atoms with Crippen LogP contribution in [0.25, 0.3) is 0 Å². The van der Waals surface area contributed by atoms with Gasteiger partial charge >= 0.3 is 5.97 Å². The molecule has 1 heterocycles. The molecular formula is C11H15NO3. The summed E-state index contributed by atoms with van der Waals surface area (Å²) < 4.78 is 10.1. The number of rotatable bonds is 1. The van der Waals surface area contributed by atoms with Crippen LogP contribution in [0.5, 0.6) is 5.75 Å². The van der Waals surface area contributed by atoms with Crippen molar-refractivity contribution in [2.45, 2.75) is 12.8 Å². The highest BCUT2D eigenvalue weighted by Crippen LogP contribution is 2.25. The molecule has 1 aromatic rings. The van der Waals surface area contributed by atoms with Crippen LogP contribution in [0.2, 0.25) is 0 Å². The third-order valence-corrected chi connectivity index (χ3v) is 2.34. The first kappa shape index (κ1) is 11.5. The molecule has 3 N–H and O–H groups in total. The Morgan fingerprint density at radius 2 is 2.27 bits per heavy atom. The number of hydrogen-bond acceptors (Lipinski definition) is 4. The summed E-state index contributed by atoms with van der Waals surface area (Å²) in [4.78, 5) is 11.2. The molecule has 15 heavy (non-hydrogen) atoms. The molecule has 1 aromatic carbocycles. The van der Waals surface area contributed by atoms with E-state index in [1.807, 2.05) is 6.07 Å². The molecule has 1 aliphatic rings. The molecule has 1 aliphatic heterocycles. The van der Waals surface area contributed by atoms with E-state index in [9.17, 15) is 4.79 Å². The largest absolute Gasteiger partial charge is 0.493 e. The van der Waals surface area contributed by atoms with Crippen molar-refractivity contribution in [3.05, 3.63) is 29.3 Å². The monoisotopic (exact) mass is 209 g/mol. The standard InChI is InChI=1S/C11H12O3.H3N/c1-13-11(12)9-5-4-8-3-2-6-14-10(8)7-9;/h4-5,7H,2-3,6H2,1H3;1H3. The predicted octanol–water partition coefficient (Wildman–Crippen LogP) is 1.96. The summed E-state index contributed by atoms with van der Waals surface area (Å²) >= 11 is 0. The number of esters is 1. The van der Waals surface area contributed by atoms with Crippen molar-refractivity contribution in [2.75, 3.05) is 13.7 Å². The zero-order valence-corrected chi connectivity index (χ0v) is 8.79. The van der Waals surface area contributed by atoms with E-state index in [0.717, 1.165) is 25.2 Å². The fraction of sp³-hybridized carbons (Fsp3) is 0.364. The van der Waals surface area contributed by atoms with Crippen molar-refractivity contribution in [2.24, 2.45) is 0 Å². The van der Waals surface area contributed by atoms with Crippen LogP contribution < -0.4 is 10.9 Å². The molecule has 4 nitrogen and oxygen atoms in total. The van der Waals surface area contributed by atoms with Gasteiger partial charge in [0.15, 0.2) is 0 Å². The smallest absolute Gasteiger partial charge is 0.337 e. The van der Waals surface area contributed by atoms with Crippen LogP contribution in [-0.2, 0) is 11.2 Å². The molecule has 0 saturated carbocycles. The van der Waals surface area contributed by atoms with E-state index in [4.69, 9.17) is 4.74 Å². The molecule has 0 bridgehead atoms. The van der Waals surface area contributed by atoms with Crippen LogP contribution in [0.1, 0.15) is 22.3 Å². The van der Waals surface area contributed by atoms with Crippen molar-refractivity contribution < 1.29 is 14.3 Å². The zero-order valence-electron chi connectivity index (χ0n) is 8.79. The summed E-state index contributed by atoms with van der Waals surface area (Å²) in [5, 5.41) is 0. The van der Waals surface area contributed by atoms with Crippen LogP contribution in [-0.4, -0.2) is 19.7 Å². The van der Waals surface area contributed by atoms with Crippen molar-refractivity contribution >= 4 is 5.97 Å². The van der Waals surface area contributed by atoms with Gasteiger partial charge in [-0.15, -0.1) is 0 Å². The number of carbonyl (C=O) groups excluding carboxylic acids is 1. The lowest BCUT2D eigenvalue weighted by Crippen LogP contribution is -2.10. The zero-order chi connectivity index (χ0) is 9.97. The molecule has 0 fully saturated rings. The number of aryl methyl sites for hydroxylation is 1. The van der Waals surface area contributed by atoms with Crippen molar-refractivity contribution in [3.8, 4) is 5.75 Å². The molecule has 82 valence electrons. The van der Waals surface area contributed by atoms with Crippen LogP contribution >= 0.6 is 0 Å². The average molecular weight is 209 g/mol. The summed E-state index contributed by atoms with van der Waals surface area (Å²) in [6.07, 6.45) is 2.07. The van der Waals surface area contributed by atoms with Crippen LogP contribution in [0.4, 0.5) is 0 Å². The topological polar surface area (TPSA) is 70.5 Å². The van der Waals surface area contributed by atoms with Crippen molar-refractivity contribution in [1.82, 2.24) is 6.15 Å². The van der Waals surface area contributed by atoms with Gasteiger partial charge in [0.1, 0.15) is 5.75 Å². The number of hydrogen-bond donors (Lipinski definition) is 1. The van der Waals surface area contributed by atoms with Gasteiger partial charge in [-0.05, 0) is 30.5 Å². The van der Waals surface area contributed by atoms with Crippen LogP contribution in [0.15, 0.2) is 18.2 Å². The Hall–Kier alpha value is -1.55. The minimum atomic E-state index is -0.318. The first-order valence-corrected chi connectivity index (χ1v) is 4.65. The van der Waals surface area contributed by atoms with E-state index in [-0.39, 0.29) is 12.1 Å². The summed E-state index contributed by atoms with van der Waals surface area (Å²) in [6, 6.07) is 5.46. The van der Waals surface area contributed by atoms with E-state index < -0.39 is 0 Å². The maximum Gasteiger partial charge on any atom is 0.337 e. The molecule has 0 aliphatic carbocycles. The molecule has 0 spiro atoms. The molecular weight excluding hydrogens is 194 g/mol. The van der Waals surface area contributed by atoms with Gasteiger partial charge in [-0.2, -0.15) is 0 Å². The average Bonchev–Trinajstić information content (AvgIpc) is 2.27. The number of methoxy groups -OCH3 is 1. The quantitative estimate of drug-likeness (QED) is 0.718. The Kier molecular flexibility index (Phi) is 3.68. The van der Waals surface area contributed by atoms with E-state index >= 15 is 0 Å². The fourth-order valence-corrected chi connectivity index (χ4v) is 1.59. The maximum absolute atomic E-state index is 11.2. The van der Waals surface area contributed by atoms with E-state index in [2.05, 4.69) is 4.74 Å². The van der Waals surface area contributed by atoms with Crippen LogP contribution in [0.3, 0.4) is 0 Å². The molecule has 0 amide bonds. The number of carbonyl (C=O) groups is 1. The SMILES string of the molecule is COC(=O)c1ccc2c(c1)OCCC2.N. The lowest BCUT2D eigenvalue weighted by atomic mass is 10.0. The maximum atomic E-state index is 11.2. The van der Waals surface area contributed by atoms with Crippen LogP contribution in [0, 0.1) is 0 Å². The third-order valence-electron chi connectivity index (χ3n) is 2.34. The summed E-state index contributed by atoms with van der Waals surface area (Å²) in [7, 11) is 1.38. The minimum absolute atomic E-state index is 0. The number of benzene rings is 1. The predicted molar refractivity (Wildman–Crippen MR) is 56.6 cm³/mol. The normalized spacial score (nSPS) is 13.1. The second kappa shape index (κ2) is 4.79. The second-order valence-corrected chi connectivity index (χ2v) is 3.27. The molecule has 2 rings (SSSR count). The minimum Gasteiger partial charge on any atom is -0.493 e. The first-order chi connectivity index (χ1) is 6.81. The van der Waals surface area contributed by atoms with E-state index in [1.165, 1.54) is 12.7 Å². The molecule has 0 saturated heterocycles. The number of fused-ring (bicyclic) bond motifs is 1. The van der Waals surface area contributed by atoms with Crippen molar-refractivity contribution in [3.63, 3.8) is 0 Å². The van der Waals surface area contributed by atoms with Gasteiger partial charge in [-0.3, -0.25) is 0 Å². The fourth-order valence-electron chi connectivity index (χ4n) is 1.59. The van der Waals surface area contributed by atoms with Crippen molar-refractivity contribution in [1.29, 1.82) is 0 Å². The molecule has 4 heteroatoms. The van der Waals surface area contributed by atoms with Gasteiger partial charge in [-0.1, -0.05) is 6.07 Å². The van der Waals surface area contributed by atoms with E-state index in [1.54, 1.807) is 12.1 Å². The van der Waals surface area contributed by atoms with Gasteiger partial charge in [0.25, 0.3) is 0 Å². The molecule has 0 unspecified atom stereocenters. The lowest BCUT2D eigenvalue weighted by molar-refractivity contribution is 0.0600. The molecule has 0 aromatic heterocycles. The van der Waals surface area contributed by atoms with Gasteiger partial charge in [0.2, 0.25) is 0 Å². The Balaban J connectivity index is 0.00000112. The Bertz CT molecular complexity index is 363. The Morgan fingerprint density at radius 1 is 1.47 bits per heavy atom. The second-order valence-electron chi connectivity index (χ2n) is 3.27. The lowest BCUT2D eigenvalue weighted by Gasteiger charge is -2.17. The summed E-state index contributed by atoms with van der Waals surface area (Å²) in [6.45, 7) is 0.734. The van der Waals surface area contributed by atoms with E-state index in [0.29, 0.717) is 5.56 Å². The Labute approximate surface area is 88.8 Å². The third kappa shape index (κ3) is 2.27. The molecule has 0 radical (unpaired) electrons. The van der Waals surface area contributed by atoms with Gasteiger partial charge in [-0.25, -0.2) is 4.79 Å². The Morgan fingerprint density at radius 3 is 3.00 bits per heavy atom. The van der Waals surface area contributed by atoms with Gasteiger partial charge < -0.3 is 15.6 Å². The first-order valence-electron chi connectivity index (χ1n) is 4.65. The van der Waals surface area contributed by atoms with Gasteiger partial charge in [0, 0.05) is 0 Å². The highest BCUT2D eigenvalue weighted by atomic mass is 16.5. The molecule has 0 atom stereocenters.